The number of piperidine rings is 1. The number of carbonyl (C=O) groups excluding carboxylic acids is 1. The van der Waals surface area contributed by atoms with Gasteiger partial charge in [0, 0.05) is 38.3 Å². The van der Waals surface area contributed by atoms with Crippen molar-refractivity contribution in [2.24, 2.45) is 5.92 Å². The molecule has 0 bridgehead atoms. The van der Waals surface area contributed by atoms with Gasteiger partial charge in [-0.2, -0.15) is 0 Å². The molecule has 2 N–H and O–H groups in total. The molecule has 0 saturated carbocycles. The minimum absolute atomic E-state index is 0.0402. The third-order valence-electron chi connectivity index (χ3n) is 4.40. The van der Waals surface area contributed by atoms with Crippen LogP contribution in [0.3, 0.4) is 0 Å². The zero-order valence-electron chi connectivity index (χ0n) is 14.3. The second-order valence-corrected chi connectivity index (χ2v) is 6.79. The Morgan fingerprint density at radius 2 is 1.95 bits per heavy atom. The summed E-state index contributed by atoms with van der Waals surface area (Å²) in [6.45, 7) is 13.7. The summed E-state index contributed by atoms with van der Waals surface area (Å²) in [5, 5.41) is 12.8. The van der Waals surface area contributed by atoms with Crippen molar-refractivity contribution < 1.29 is 9.90 Å². The van der Waals surface area contributed by atoms with Gasteiger partial charge in [0.2, 0.25) is 0 Å². The van der Waals surface area contributed by atoms with E-state index in [0.29, 0.717) is 31.1 Å². The van der Waals surface area contributed by atoms with Crippen molar-refractivity contribution >= 4 is 6.03 Å². The molecule has 0 aliphatic carbocycles. The summed E-state index contributed by atoms with van der Waals surface area (Å²) in [5.41, 5.74) is 0. The first-order chi connectivity index (χ1) is 9.82. The van der Waals surface area contributed by atoms with Crippen molar-refractivity contribution in [2.45, 2.75) is 65.6 Å². The van der Waals surface area contributed by atoms with E-state index in [-0.39, 0.29) is 12.1 Å². The minimum atomic E-state index is -0.387. The van der Waals surface area contributed by atoms with E-state index < -0.39 is 0 Å². The van der Waals surface area contributed by atoms with Gasteiger partial charge in [0.15, 0.2) is 0 Å². The van der Waals surface area contributed by atoms with Crippen molar-refractivity contribution in [3.63, 3.8) is 0 Å². The Hall–Kier alpha value is -0.810. The topological polar surface area (TPSA) is 55.8 Å². The van der Waals surface area contributed by atoms with Gasteiger partial charge in [-0.1, -0.05) is 6.92 Å². The van der Waals surface area contributed by atoms with E-state index in [2.05, 4.69) is 37.9 Å². The maximum Gasteiger partial charge on any atom is 0.317 e. The largest absolute Gasteiger partial charge is 0.391 e. The molecule has 1 saturated heterocycles. The van der Waals surface area contributed by atoms with Crippen LogP contribution in [0.2, 0.25) is 0 Å². The van der Waals surface area contributed by atoms with Crippen molar-refractivity contribution in [3.05, 3.63) is 0 Å². The number of hydrogen-bond acceptors (Lipinski definition) is 3. The van der Waals surface area contributed by atoms with Gasteiger partial charge >= 0.3 is 6.03 Å². The van der Waals surface area contributed by atoms with E-state index in [0.717, 1.165) is 25.9 Å². The van der Waals surface area contributed by atoms with Gasteiger partial charge in [-0.25, -0.2) is 4.79 Å². The SMILES string of the molecule is CC1CCN(C(=O)NCCCN(C(C)C)C(C)C)CC1O. The molecule has 2 unspecified atom stereocenters. The first-order valence-corrected chi connectivity index (χ1v) is 8.29. The third kappa shape index (κ3) is 5.83. The lowest BCUT2D eigenvalue weighted by atomic mass is 9.96. The first-order valence-electron chi connectivity index (χ1n) is 8.29. The molecule has 0 spiro atoms. The van der Waals surface area contributed by atoms with Crippen LogP contribution in [-0.4, -0.2) is 65.3 Å². The predicted octanol–water partition coefficient (Wildman–Crippen LogP) is 1.91. The second-order valence-electron chi connectivity index (χ2n) is 6.79. The summed E-state index contributed by atoms with van der Waals surface area (Å²) in [4.78, 5) is 16.2. The molecule has 1 fully saturated rings. The lowest BCUT2D eigenvalue weighted by molar-refractivity contribution is 0.0435. The maximum atomic E-state index is 12.1. The zero-order valence-corrected chi connectivity index (χ0v) is 14.3. The lowest BCUT2D eigenvalue weighted by Crippen LogP contribution is -2.50. The van der Waals surface area contributed by atoms with Crippen molar-refractivity contribution in [1.82, 2.24) is 15.1 Å². The highest BCUT2D eigenvalue weighted by atomic mass is 16.3. The smallest absolute Gasteiger partial charge is 0.317 e. The van der Waals surface area contributed by atoms with Gasteiger partial charge in [-0.3, -0.25) is 4.90 Å². The Balaban J connectivity index is 2.24. The summed E-state index contributed by atoms with van der Waals surface area (Å²) in [7, 11) is 0. The number of aliphatic hydroxyl groups is 1. The predicted molar refractivity (Wildman–Crippen MR) is 86.4 cm³/mol. The van der Waals surface area contributed by atoms with Crippen molar-refractivity contribution in [1.29, 1.82) is 0 Å². The Bertz CT molecular complexity index is 313. The minimum Gasteiger partial charge on any atom is -0.391 e. The van der Waals surface area contributed by atoms with Crippen LogP contribution in [0.15, 0.2) is 0 Å². The first kappa shape index (κ1) is 18.2. The number of amides is 2. The highest BCUT2D eigenvalue weighted by Crippen LogP contribution is 2.16. The number of carbonyl (C=O) groups is 1. The van der Waals surface area contributed by atoms with E-state index in [4.69, 9.17) is 0 Å². The van der Waals surface area contributed by atoms with Crippen LogP contribution in [0.4, 0.5) is 4.79 Å². The number of β-amino-alcohol motifs (C(OH)–C–C–N with tert-alkyl or cyclic N) is 1. The van der Waals surface area contributed by atoms with Crippen LogP contribution >= 0.6 is 0 Å². The molecule has 124 valence electrons. The number of rotatable bonds is 6. The fraction of sp³-hybridized carbons (Fsp3) is 0.938. The number of aliphatic hydroxyl groups excluding tert-OH is 1. The van der Waals surface area contributed by atoms with Crippen molar-refractivity contribution in [3.8, 4) is 0 Å². The molecule has 2 atom stereocenters. The number of urea groups is 1. The molecule has 1 heterocycles. The Kier molecular flexibility index (Phi) is 7.46. The van der Waals surface area contributed by atoms with Crippen molar-refractivity contribution in [2.75, 3.05) is 26.2 Å². The summed E-state index contributed by atoms with van der Waals surface area (Å²) < 4.78 is 0. The van der Waals surface area contributed by atoms with Crippen LogP contribution in [0, 0.1) is 5.92 Å². The second kappa shape index (κ2) is 8.59. The van der Waals surface area contributed by atoms with Crippen LogP contribution in [0.5, 0.6) is 0 Å². The summed E-state index contributed by atoms with van der Waals surface area (Å²) in [5.74, 6) is 0.291. The molecule has 1 aliphatic rings. The molecular weight excluding hydrogens is 266 g/mol. The summed E-state index contributed by atoms with van der Waals surface area (Å²) in [6, 6.07) is 1.01. The van der Waals surface area contributed by atoms with Crippen LogP contribution in [0.1, 0.15) is 47.5 Å². The summed E-state index contributed by atoms with van der Waals surface area (Å²) >= 11 is 0. The highest BCUT2D eigenvalue weighted by molar-refractivity contribution is 5.74. The van der Waals surface area contributed by atoms with Gasteiger partial charge in [-0.15, -0.1) is 0 Å². The fourth-order valence-corrected chi connectivity index (χ4v) is 2.91. The van der Waals surface area contributed by atoms with Crippen LogP contribution in [-0.2, 0) is 0 Å². The molecule has 5 heteroatoms. The molecule has 0 aromatic carbocycles. The highest BCUT2D eigenvalue weighted by Gasteiger charge is 2.27. The van der Waals surface area contributed by atoms with Gasteiger partial charge in [0.25, 0.3) is 0 Å². The van der Waals surface area contributed by atoms with Gasteiger partial charge < -0.3 is 15.3 Å². The van der Waals surface area contributed by atoms with E-state index in [1.807, 2.05) is 6.92 Å². The lowest BCUT2D eigenvalue weighted by Gasteiger charge is -2.34. The fourth-order valence-electron chi connectivity index (χ4n) is 2.91. The molecule has 0 aromatic heterocycles. The normalized spacial score (nSPS) is 23.2. The van der Waals surface area contributed by atoms with Gasteiger partial charge in [0.05, 0.1) is 6.10 Å². The summed E-state index contributed by atoms with van der Waals surface area (Å²) in [6.07, 6.45) is 1.44. The monoisotopic (exact) mass is 299 g/mol. The average molecular weight is 299 g/mol. The Morgan fingerprint density at radius 1 is 1.33 bits per heavy atom. The Morgan fingerprint density at radius 3 is 2.48 bits per heavy atom. The third-order valence-corrected chi connectivity index (χ3v) is 4.40. The zero-order chi connectivity index (χ0) is 16.0. The number of nitrogens with zero attached hydrogens (tertiary/aromatic N) is 2. The van der Waals surface area contributed by atoms with Gasteiger partial charge in [-0.05, 0) is 46.5 Å². The van der Waals surface area contributed by atoms with E-state index in [1.54, 1.807) is 4.90 Å². The van der Waals surface area contributed by atoms with E-state index in [9.17, 15) is 9.90 Å². The molecule has 5 nitrogen and oxygen atoms in total. The Labute approximate surface area is 129 Å². The molecule has 2 amide bonds. The molecule has 0 radical (unpaired) electrons. The molecule has 1 rings (SSSR count). The van der Waals surface area contributed by atoms with E-state index >= 15 is 0 Å². The van der Waals surface area contributed by atoms with Crippen LogP contribution < -0.4 is 5.32 Å². The quantitative estimate of drug-likeness (QED) is 0.737. The molecule has 1 aliphatic heterocycles. The van der Waals surface area contributed by atoms with Gasteiger partial charge in [0.1, 0.15) is 0 Å². The number of nitrogens with one attached hydrogen (secondary N) is 1. The number of hydrogen-bond donors (Lipinski definition) is 2. The van der Waals surface area contributed by atoms with Crippen LogP contribution in [0.25, 0.3) is 0 Å². The standard InChI is InChI=1S/C16H33N3O2/c1-12(2)19(13(3)4)9-6-8-17-16(21)18-10-7-14(5)15(20)11-18/h12-15,20H,6-11H2,1-5H3,(H,17,21). The molecule has 0 aromatic rings. The number of likely N-dealkylation sites (tertiary alicyclic amines) is 1. The average Bonchev–Trinajstić information content (AvgIpc) is 2.40. The molecule has 21 heavy (non-hydrogen) atoms. The maximum absolute atomic E-state index is 12.1. The van der Waals surface area contributed by atoms with E-state index in [1.165, 1.54) is 0 Å². The molecular formula is C16H33N3O2.